The molecule has 3 aromatic heterocycles. The molecule has 0 atom stereocenters. The molecule has 0 aliphatic carbocycles. The Morgan fingerprint density at radius 2 is 1.94 bits per heavy atom. The zero-order valence-electron chi connectivity index (χ0n) is 17.2. The van der Waals surface area contributed by atoms with E-state index in [4.69, 9.17) is 14.9 Å². The Morgan fingerprint density at radius 1 is 1.16 bits per heavy atom. The first-order valence-electron chi connectivity index (χ1n) is 9.66. The predicted molar refractivity (Wildman–Crippen MR) is 118 cm³/mol. The van der Waals surface area contributed by atoms with Crippen LogP contribution in [0.2, 0.25) is 0 Å². The number of furan rings is 1. The van der Waals surface area contributed by atoms with Gasteiger partial charge in [-0.05, 0) is 37.4 Å². The van der Waals surface area contributed by atoms with E-state index in [1.54, 1.807) is 6.92 Å². The van der Waals surface area contributed by atoms with Gasteiger partial charge in [0.25, 0.3) is 5.91 Å². The molecule has 164 valence electrons. The van der Waals surface area contributed by atoms with Crippen molar-refractivity contribution in [1.29, 1.82) is 0 Å². The van der Waals surface area contributed by atoms with Crippen molar-refractivity contribution < 1.29 is 23.5 Å². The summed E-state index contributed by atoms with van der Waals surface area (Å²) >= 11 is 1.17. The number of hydrogen-bond acceptors (Lipinski definition) is 8. The van der Waals surface area contributed by atoms with Gasteiger partial charge >= 0.3 is 5.97 Å². The van der Waals surface area contributed by atoms with Gasteiger partial charge in [0.05, 0.1) is 17.9 Å². The number of aromatic nitrogens is 3. The summed E-state index contributed by atoms with van der Waals surface area (Å²) in [5.74, 6) is -2.26. The molecule has 3 N–H and O–H groups in total. The monoisotopic (exact) mass is 453 g/mol. The summed E-state index contributed by atoms with van der Waals surface area (Å²) in [6.45, 7) is 3.23. The molecule has 4 aromatic rings. The number of esters is 1. The number of hydrogen-bond donors (Lipinski definition) is 2. The summed E-state index contributed by atoms with van der Waals surface area (Å²) < 4.78 is 12.2. The number of aryl methyl sites for hydroxylation is 1. The molecule has 11 heteroatoms. The first kappa shape index (κ1) is 21.4. The van der Waals surface area contributed by atoms with Gasteiger partial charge in [0.1, 0.15) is 16.9 Å². The van der Waals surface area contributed by atoms with E-state index in [2.05, 4.69) is 15.5 Å². The third kappa shape index (κ3) is 3.89. The van der Waals surface area contributed by atoms with Crippen molar-refractivity contribution in [3.05, 3.63) is 53.3 Å². The average Bonchev–Trinajstić information content (AvgIpc) is 3.33. The van der Waals surface area contributed by atoms with Gasteiger partial charge in [0.15, 0.2) is 10.8 Å². The first-order chi connectivity index (χ1) is 15.4. The van der Waals surface area contributed by atoms with E-state index in [1.807, 2.05) is 40.8 Å². The van der Waals surface area contributed by atoms with Gasteiger partial charge in [-0.3, -0.25) is 19.3 Å². The molecule has 3 heterocycles. The topological polar surface area (TPSA) is 142 Å². The summed E-state index contributed by atoms with van der Waals surface area (Å²) in [4.78, 5) is 36.7. The van der Waals surface area contributed by atoms with Crippen LogP contribution in [-0.2, 0) is 9.53 Å². The number of carbonyl (C=O) groups is 3. The number of anilines is 1. The second-order valence-corrected chi connectivity index (χ2v) is 7.67. The molecule has 0 aliphatic rings. The summed E-state index contributed by atoms with van der Waals surface area (Å²) in [6.07, 6.45) is 0. The van der Waals surface area contributed by atoms with Gasteiger partial charge in [0.2, 0.25) is 11.8 Å². The fraction of sp³-hybridized carbons (Fsp3) is 0.190. The van der Waals surface area contributed by atoms with Gasteiger partial charge in [0, 0.05) is 0 Å². The van der Waals surface area contributed by atoms with E-state index >= 15 is 0 Å². The molecule has 0 radical (unpaired) electrons. The number of carbonyl (C=O) groups excluding carboxylic acids is 3. The molecule has 0 aliphatic heterocycles. The Kier molecular flexibility index (Phi) is 5.82. The summed E-state index contributed by atoms with van der Waals surface area (Å²) in [6, 6.07) is 11.6. The van der Waals surface area contributed by atoms with Crippen LogP contribution < -0.4 is 11.1 Å². The van der Waals surface area contributed by atoms with Crippen LogP contribution in [0.3, 0.4) is 0 Å². The molecule has 4 rings (SSSR count). The van der Waals surface area contributed by atoms with E-state index in [0.29, 0.717) is 10.8 Å². The van der Waals surface area contributed by atoms with Crippen molar-refractivity contribution in [2.75, 3.05) is 17.7 Å². The SMILES string of the molecule is CCOC(=O)c1c(C)oc(NC(=O)CSc2nnc3ccc4ccccc4n23)c1C(N)=O. The Balaban J connectivity index is 1.55. The largest absolute Gasteiger partial charge is 0.462 e. The number of primary amides is 1. The standard InChI is InChI=1S/C21H19N5O5S/c1-3-30-20(29)16-11(2)31-19(17(16)18(22)28)23-15(27)10-32-21-25-24-14-9-8-12-6-4-5-7-13(12)26(14)21/h4-9H,3,10H2,1-2H3,(H2,22,28)(H,23,27). The highest BCUT2D eigenvalue weighted by molar-refractivity contribution is 7.99. The zero-order chi connectivity index (χ0) is 22.8. The summed E-state index contributed by atoms with van der Waals surface area (Å²) in [5, 5.41) is 12.4. The molecule has 0 saturated heterocycles. The number of thioether (sulfide) groups is 1. The van der Waals surface area contributed by atoms with Crippen LogP contribution in [0.15, 0.2) is 46.0 Å². The molecule has 32 heavy (non-hydrogen) atoms. The van der Waals surface area contributed by atoms with E-state index in [9.17, 15) is 14.4 Å². The van der Waals surface area contributed by atoms with Crippen LogP contribution >= 0.6 is 11.8 Å². The van der Waals surface area contributed by atoms with Gasteiger partial charge in [-0.2, -0.15) is 0 Å². The maximum absolute atomic E-state index is 12.6. The van der Waals surface area contributed by atoms with Crippen molar-refractivity contribution in [2.24, 2.45) is 5.73 Å². The maximum atomic E-state index is 12.6. The fourth-order valence-corrected chi connectivity index (χ4v) is 4.07. The van der Waals surface area contributed by atoms with E-state index in [0.717, 1.165) is 10.9 Å². The molecule has 0 saturated carbocycles. The highest BCUT2D eigenvalue weighted by atomic mass is 32.2. The second kappa shape index (κ2) is 8.71. The third-order valence-corrected chi connectivity index (χ3v) is 5.57. The minimum atomic E-state index is -0.914. The van der Waals surface area contributed by atoms with E-state index < -0.39 is 17.8 Å². The number of fused-ring (bicyclic) bond motifs is 3. The van der Waals surface area contributed by atoms with Crippen LogP contribution in [0, 0.1) is 6.92 Å². The minimum Gasteiger partial charge on any atom is -0.462 e. The molecule has 0 fully saturated rings. The normalized spacial score (nSPS) is 11.1. The number of nitrogens with one attached hydrogen (secondary N) is 1. The number of para-hydroxylation sites is 1. The predicted octanol–water partition coefficient (Wildman–Crippen LogP) is 2.79. The van der Waals surface area contributed by atoms with Gasteiger partial charge in [-0.15, -0.1) is 10.2 Å². The Hall–Kier alpha value is -3.86. The minimum absolute atomic E-state index is 0.0449. The average molecular weight is 453 g/mol. The van der Waals surface area contributed by atoms with Gasteiger partial charge in [-0.25, -0.2) is 4.79 Å². The molecule has 1 aromatic carbocycles. The lowest BCUT2D eigenvalue weighted by Gasteiger charge is -2.06. The lowest BCUT2D eigenvalue weighted by Crippen LogP contribution is -2.21. The molecule has 2 amide bonds. The number of rotatable bonds is 7. The van der Waals surface area contributed by atoms with Crippen LogP contribution in [0.5, 0.6) is 0 Å². The Morgan fingerprint density at radius 3 is 2.69 bits per heavy atom. The molecule has 0 bridgehead atoms. The van der Waals surface area contributed by atoms with E-state index in [-0.39, 0.29) is 35.1 Å². The van der Waals surface area contributed by atoms with E-state index in [1.165, 1.54) is 18.7 Å². The number of nitrogens with two attached hydrogens (primary N) is 1. The number of pyridine rings is 1. The first-order valence-corrected chi connectivity index (χ1v) is 10.6. The smallest absolute Gasteiger partial charge is 0.342 e. The third-order valence-electron chi connectivity index (χ3n) is 4.64. The van der Waals surface area contributed by atoms with Crippen molar-refractivity contribution in [1.82, 2.24) is 14.6 Å². The number of nitrogens with zero attached hydrogens (tertiary/aromatic N) is 3. The number of benzene rings is 1. The second-order valence-electron chi connectivity index (χ2n) is 6.73. The van der Waals surface area contributed by atoms with Crippen LogP contribution in [-0.4, -0.2) is 44.7 Å². The number of amides is 2. The molecular formula is C21H19N5O5S. The van der Waals surface area contributed by atoms with Crippen LogP contribution in [0.1, 0.15) is 33.4 Å². The van der Waals surface area contributed by atoms with Crippen molar-refractivity contribution in [3.63, 3.8) is 0 Å². The summed E-state index contributed by atoms with van der Waals surface area (Å²) in [7, 11) is 0. The Bertz CT molecular complexity index is 1360. The fourth-order valence-electron chi connectivity index (χ4n) is 3.32. The van der Waals surface area contributed by atoms with Crippen LogP contribution in [0.25, 0.3) is 16.6 Å². The van der Waals surface area contributed by atoms with Crippen molar-refractivity contribution >= 4 is 52.0 Å². The lowest BCUT2D eigenvalue weighted by atomic mass is 10.1. The molecular weight excluding hydrogens is 434 g/mol. The highest BCUT2D eigenvalue weighted by Gasteiger charge is 2.29. The quantitative estimate of drug-likeness (QED) is 0.321. The number of ether oxygens (including phenoxy) is 1. The lowest BCUT2D eigenvalue weighted by molar-refractivity contribution is -0.113. The molecule has 10 nitrogen and oxygen atoms in total. The maximum Gasteiger partial charge on any atom is 0.342 e. The highest BCUT2D eigenvalue weighted by Crippen LogP contribution is 2.28. The van der Waals surface area contributed by atoms with Crippen LogP contribution in [0.4, 0.5) is 5.88 Å². The van der Waals surface area contributed by atoms with Gasteiger partial charge in [-0.1, -0.05) is 30.0 Å². The molecule has 0 unspecified atom stereocenters. The van der Waals surface area contributed by atoms with Crippen molar-refractivity contribution in [3.8, 4) is 0 Å². The zero-order valence-corrected chi connectivity index (χ0v) is 18.1. The van der Waals surface area contributed by atoms with Gasteiger partial charge < -0.3 is 14.9 Å². The van der Waals surface area contributed by atoms with Crippen molar-refractivity contribution in [2.45, 2.75) is 19.0 Å². The molecule has 0 spiro atoms. The summed E-state index contributed by atoms with van der Waals surface area (Å²) in [5.41, 5.74) is 6.66. The Labute approximate surface area is 186 Å².